The standard InChI is InChI=1S/C16H12ClF3N2O2/c17-11-7-10(15(5-6-15)16(18,19)20)2-3-12(11)24-13-4-1-9(8-22-13)14(21)23/h1-4,7-8H,5-6H2,(H2,21,23). The van der Waals surface area contributed by atoms with Crippen LogP contribution >= 0.6 is 11.6 Å². The van der Waals surface area contributed by atoms with Gasteiger partial charge in [-0.25, -0.2) is 4.98 Å². The van der Waals surface area contributed by atoms with Gasteiger partial charge < -0.3 is 10.5 Å². The Balaban J connectivity index is 1.82. The molecule has 0 spiro atoms. The highest BCUT2D eigenvalue weighted by Crippen LogP contribution is 2.59. The monoisotopic (exact) mass is 356 g/mol. The number of pyridine rings is 1. The molecule has 24 heavy (non-hydrogen) atoms. The number of alkyl halides is 3. The van der Waals surface area contributed by atoms with E-state index in [1.807, 2.05) is 0 Å². The van der Waals surface area contributed by atoms with Crippen LogP contribution in [0.2, 0.25) is 5.02 Å². The fraction of sp³-hybridized carbons (Fsp3) is 0.250. The Morgan fingerprint density at radius 3 is 2.42 bits per heavy atom. The van der Waals surface area contributed by atoms with E-state index in [0.29, 0.717) is 0 Å². The Hall–Kier alpha value is -2.28. The lowest BCUT2D eigenvalue weighted by molar-refractivity contribution is -0.160. The van der Waals surface area contributed by atoms with Crippen molar-refractivity contribution in [2.45, 2.75) is 24.4 Å². The number of carbonyl (C=O) groups is 1. The topological polar surface area (TPSA) is 65.2 Å². The predicted octanol–water partition coefficient (Wildman–Crippen LogP) is 4.22. The maximum atomic E-state index is 13.1. The van der Waals surface area contributed by atoms with Crippen molar-refractivity contribution in [3.8, 4) is 11.6 Å². The molecule has 2 aromatic rings. The van der Waals surface area contributed by atoms with Gasteiger partial charge in [0, 0.05) is 12.3 Å². The van der Waals surface area contributed by atoms with Crippen molar-refractivity contribution < 1.29 is 22.7 Å². The van der Waals surface area contributed by atoms with E-state index in [2.05, 4.69) is 4.98 Å². The van der Waals surface area contributed by atoms with Crippen molar-refractivity contribution in [3.05, 3.63) is 52.7 Å². The number of hydrogen-bond acceptors (Lipinski definition) is 3. The van der Waals surface area contributed by atoms with Crippen LogP contribution in [0.3, 0.4) is 0 Å². The number of rotatable bonds is 4. The summed E-state index contributed by atoms with van der Waals surface area (Å²) >= 11 is 6.05. The molecule has 1 amide bonds. The van der Waals surface area contributed by atoms with Crippen molar-refractivity contribution in [1.82, 2.24) is 4.98 Å². The van der Waals surface area contributed by atoms with Crippen LogP contribution < -0.4 is 10.5 Å². The van der Waals surface area contributed by atoms with Gasteiger partial charge in [-0.3, -0.25) is 4.79 Å². The average molecular weight is 357 g/mol. The van der Waals surface area contributed by atoms with Gasteiger partial charge in [-0.05, 0) is 36.6 Å². The first-order valence-electron chi connectivity index (χ1n) is 7.03. The molecule has 0 saturated heterocycles. The van der Waals surface area contributed by atoms with E-state index in [1.54, 1.807) is 0 Å². The maximum Gasteiger partial charge on any atom is 0.398 e. The molecule has 3 rings (SSSR count). The molecule has 0 bridgehead atoms. The van der Waals surface area contributed by atoms with E-state index in [9.17, 15) is 18.0 Å². The minimum Gasteiger partial charge on any atom is -0.437 e. The number of amides is 1. The first kappa shape index (κ1) is 16.6. The molecular weight excluding hydrogens is 345 g/mol. The number of benzene rings is 1. The smallest absolute Gasteiger partial charge is 0.398 e. The van der Waals surface area contributed by atoms with Gasteiger partial charge in [-0.15, -0.1) is 0 Å². The minimum absolute atomic E-state index is 0.0587. The SMILES string of the molecule is NC(=O)c1ccc(Oc2ccc(C3(C(F)(F)F)CC3)cc2Cl)nc1. The van der Waals surface area contributed by atoms with Gasteiger partial charge in [-0.1, -0.05) is 17.7 Å². The Bertz CT molecular complexity index is 787. The lowest BCUT2D eigenvalue weighted by Crippen LogP contribution is -2.28. The fourth-order valence-electron chi connectivity index (χ4n) is 2.44. The van der Waals surface area contributed by atoms with Gasteiger partial charge >= 0.3 is 6.18 Å². The Kier molecular flexibility index (Phi) is 3.91. The molecule has 0 unspecified atom stereocenters. The number of aromatic nitrogens is 1. The predicted molar refractivity (Wildman–Crippen MR) is 81.2 cm³/mol. The summed E-state index contributed by atoms with van der Waals surface area (Å²) in [5, 5.41) is 0.0591. The highest BCUT2D eigenvalue weighted by atomic mass is 35.5. The van der Waals surface area contributed by atoms with Crippen LogP contribution in [0.1, 0.15) is 28.8 Å². The van der Waals surface area contributed by atoms with E-state index in [-0.39, 0.29) is 40.6 Å². The van der Waals surface area contributed by atoms with Gasteiger partial charge in [0.15, 0.2) is 0 Å². The molecule has 1 heterocycles. The quantitative estimate of drug-likeness (QED) is 0.892. The normalized spacial score (nSPS) is 15.8. The van der Waals surface area contributed by atoms with Gasteiger partial charge in [-0.2, -0.15) is 13.2 Å². The van der Waals surface area contributed by atoms with Crippen molar-refractivity contribution >= 4 is 17.5 Å². The molecule has 0 atom stereocenters. The number of carbonyl (C=O) groups excluding carboxylic acids is 1. The molecule has 0 aliphatic heterocycles. The lowest BCUT2D eigenvalue weighted by atomic mass is 9.95. The zero-order valence-electron chi connectivity index (χ0n) is 12.2. The summed E-state index contributed by atoms with van der Waals surface area (Å²) in [6, 6.07) is 6.86. The van der Waals surface area contributed by atoms with Gasteiger partial charge in [0.2, 0.25) is 11.8 Å². The van der Waals surface area contributed by atoms with Crippen LogP contribution in [-0.2, 0) is 5.41 Å². The molecule has 1 aromatic heterocycles. The fourth-order valence-corrected chi connectivity index (χ4v) is 2.66. The van der Waals surface area contributed by atoms with Crippen LogP contribution in [0, 0.1) is 0 Å². The van der Waals surface area contributed by atoms with E-state index >= 15 is 0 Å². The molecule has 126 valence electrons. The zero-order chi connectivity index (χ0) is 17.5. The van der Waals surface area contributed by atoms with Crippen molar-refractivity contribution in [3.63, 3.8) is 0 Å². The van der Waals surface area contributed by atoms with Crippen LogP contribution in [0.5, 0.6) is 11.6 Å². The third-order valence-electron chi connectivity index (χ3n) is 4.01. The van der Waals surface area contributed by atoms with Gasteiger partial charge in [0.05, 0.1) is 16.0 Å². The Morgan fingerprint density at radius 2 is 1.96 bits per heavy atom. The largest absolute Gasteiger partial charge is 0.437 e. The summed E-state index contributed by atoms with van der Waals surface area (Å²) in [4.78, 5) is 14.9. The van der Waals surface area contributed by atoms with E-state index < -0.39 is 17.5 Å². The second-order valence-electron chi connectivity index (χ2n) is 5.58. The summed E-state index contributed by atoms with van der Waals surface area (Å²) in [5.74, 6) is -0.303. The molecule has 8 heteroatoms. The second kappa shape index (κ2) is 5.66. The third-order valence-corrected chi connectivity index (χ3v) is 4.31. The summed E-state index contributed by atoms with van der Waals surface area (Å²) in [6.45, 7) is 0. The number of nitrogens with two attached hydrogens (primary N) is 1. The van der Waals surface area contributed by atoms with Crippen LogP contribution in [0.15, 0.2) is 36.5 Å². The van der Waals surface area contributed by atoms with Crippen LogP contribution in [-0.4, -0.2) is 17.1 Å². The molecule has 1 aromatic carbocycles. The molecule has 1 aliphatic carbocycles. The lowest BCUT2D eigenvalue weighted by Gasteiger charge is -2.20. The number of ether oxygens (including phenoxy) is 1. The summed E-state index contributed by atoms with van der Waals surface area (Å²) < 4.78 is 44.9. The summed E-state index contributed by atoms with van der Waals surface area (Å²) in [6.07, 6.45) is -2.94. The third kappa shape index (κ3) is 2.91. The summed E-state index contributed by atoms with van der Waals surface area (Å²) in [7, 11) is 0. The average Bonchev–Trinajstić information content (AvgIpc) is 3.31. The molecule has 2 N–H and O–H groups in total. The molecule has 1 fully saturated rings. The summed E-state index contributed by atoms with van der Waals surface area (Å²) in [5.41, 5.74) is 3.65. The maximum absolute atomic E-state index is 13.1. The molecule has 0 radical (unpaired) electrons. The number of hydrogen-bond donors (Lipinski definition) is 1. The van der Waals surface area contributed by atoms with Crippen LogP contribution in [0.4, 0.5) is 13.2 Å². The molecule has 1 saturated carbocycles. The second-order valence-corrected chi connectivity index (χ2v) is 5.98. The highest BCUT2D eigenvalue weighted by Gasteiger charge is 2.64. The molecular formula is C16H12ClF3N2O2. The Morgan fingerprint density at radius 1 is 1.25 bits per heavy atom. The highest BCUT2D eigenvalue weighted by molar-refractivity contribution is 6.32. The van der Waals surface area contributed by atoms with E-state index in [4.69, 9.17) is 22.1 Å². The zero-order valence-corrected chi connectivity index (χ0v) is 13.0. The van der Waals surface area contributed by atoms with E-state index in [0.717, 1.165) is 0 Å². The molecule has 1 aliphatic rings. The Labute approximate surface area is 140 Å². The first-order valence-corrected chi connectivity index (χ1v) is 7.41. The first-order chi connectivity index (χ1) is 11.2. The van der Waals surface area contributed by atoms with Crippen LogP contribution in [0.25, 0.3) is 0 Å². The van der Waals surface area contributed by atoms with Crippen molar-refractivity contribution in [2.24, 2.45) is 5.73 Å². The number of primary amides is 1. The van der Waals surface area contributed by atoms with Crippen molar-refractivity contribution in [2.75, 3.05) is 0 Å². The van der Waals surface area contributed by atoms with Gasteiger partial charge in [0.1, 0.15) is 5.75 Å². The minimum atomic E-state index is -4.30. The number of nitrogens with zero attached hydrogens (tertiary/aromatic N) is 1. The van der Waals surface area contributed by atoms with E-state index in [1.165, 1.54) is 36.5 Å². The van der Waals surface area contributed by atoms with Crippen molar-refractivity contribution in [1.29, 1.82) is 0 Å². The molecule has 4 nitrogen and oxygen atoms in total. The number of halogens is 4. The van der Waals surface area contributed by atoms with Gasteiger partial charge in [0.25, 0.3) is 0 Å².